The minimum Gasteiger partial charge on any atom is -0.481 e. The van der Waals surface area contributed by atoms with E-state index in [1.165, 1.54) is 12.8 Å². The summed E-state index contributed by atoms with van der Waals surface area (Å²) in [4.78, 5) is 10.6. The standard InChI is InChI=1S/C10H14N2O2/c1-7(10(13)14)4-8-5-11-12(6-8)9-2-3-9/h5-7,9H,2-4H2,1H3,(H,13,14). The molecule has 1 heterocycles. The maximum Gasteiger partial charge on any atom is 0.306 e. The lowest BCUT2D eigenvalue weighted by Gasteiger charge is -2.02. The van der Waals surface area contributed by atoms with E-state index in [1.807, 2.05) is 10.9 Å². The number of carboxylic acids is 1. The smallest absolute Gasteiger partial charge is 0.306 e. The number of hydrogen-bond donors (Lipinski definition) is 1. The van der Waals surface area contributed by atoms with Gasteiger partial charge in [0.25, 0.3) is 0 Å². The van der Waals surface area contributed by atoms with Crippen LogP contribution >= 0.6 is 0 Å². The first-order valence-corrected chi connectivity index (χ1v) is 4.92. The van der Waals surface area contributed by atoms with Crippen LogP contribution in [0.3, 0.4) is 0 Å². The summed E-state index contributed by atoms with van der Waals surface area (Å²) in [5.74, 6) is -1.07. The van der Waals surface area contributed by atoms with Gasteiger partial charge in [0, 0.05) is 6.20 Å². The van der Waals surface area contributed by atoms with Crippen LogP contribution in [0.4, 0.5) is 0 Å². The van der Waals surface area contributed by atoms with E-state index in [0.29, 0.717) is 12.5 Å². The van der Waals surface area contributed by atoms with Crippen LogP contribution in [0.5, 0.6) is 0 Å². The minimum absolute atomic E-state index is 0.327. The van der Waals surface area contributed by atoms with Crippen molar-refractivity contribution in [1.29, 1.82) is 0 Å². The molecule has 1 aliphatic rings. The summed E-state index contributed by atoms with van der Waals surface area (Å²) < 4.78 is 1.95. The first kappa shape index (κ1) is 9.24. The van der Waals surface area contributed by atoms with Crippen LogP contribution in [0.1, 0.15) is 31.4 Å². The molecule has 1 saturated carbocycles. The summed E-state index contributed by atoms with van der Waals surface area (Å²) in [7, 11) is 0. The molecule has 76 valence electrons. The molecule has 0 bridgehead atoms. The van der Waals surface area contributed by atoms with Gasteiger partial charge in [-0.05, 0) is 24.8 Å². The van der Waals surface area contributed by atoms with E-state index >= 15 is 0 Å². The molecule has 14 heavy (non-hydrogen) atoms. The quantitative estimate of drug-likeness (QED) is 0.789. The van der Waals surface area contributed by atoms with E-state index in [9.17, 15) is 4.79 Å². The van der Waals surface area contributed by atoms with Gasteiger partial charge in [-0.25, -0.2) is 0 Å². The van der Waals surface area contributed by atoms with Crippen molar-refractivity contribution in [3.8, 4) is 0 Å². The summed E-state index contributed by atoms with van der Waals surface area (Å²) in [6.07, 6.45) is 6.72. The molecule has 2 rings (SSSR count). The van der Waals surface area contributed by atoms with Crippen molar-refractivity contribution in [1.82, 2.24) is 9.78 Å². The molecule has 1 aromatic heterocycles. The average molecular weight is 194 g/mol. The molecule has 0 saturated heterocycles. The van der Waals surface area contributed by atoms with Gasteiger partial charge < -0.3 is 5.11 Å². The van der Waals surface area contributed by atoms with Gasteiger partial charge in [-0.15, -0.1) is 0 Å². The van der Waals surface area contributed by atoms with Gasteiger partial charge in [0.05, 0.1) is 18.2 Å². The Hall–Kier alpha value is -1.32. The van der Waals surface area contributed by atoms with Crippen LogP contribution in [-0.4, -0.2) is 20.9 Å². The number of nitrogens with zero attached hydrogens (tertiary/aromatic N) is 2. The highest BCUT2D eigenvalue weighted by Gasteiger charge is 2.24. The fourth-order valence-corrected chi connectivity index (χ4v) is 1.46. The molecule has 1 atom stereocenters. The Bertz CT molecular complexity index is 342. The van der Waals surface area contributed by atoms with E-state index in [1.54, 1.807) is 13.1 Å². The summed E-state index contributed by atoms with van der Waals surface area (Å²) in [5.41, 5.74) is 1.02. The first-order valence-electron chi connectivity index (χ1n) is 4.92. The highest BCUT2D eigenvalue weighted by Crippen LogP contribution is 2.34. The SMILES string of the molecule is CC(Cc1cnn(C2CC2)c1)C(=O)O. The number of aromatic nitrogens is 2. The zero-order chi connectivity index (χ0) is 10.1. The van der Waals surface area contributed by atoms with Crippen LogP contribution in [0.15, 0.2) is 12.4 Å². The van der Waals surface area contributed by atoms with Crippen molar-refractivity contribution in [2.24, 2.45) is 5.92 Å². The first-order chi connectivity index (χ1) is 6.66. The summed E-state index contributed by atoms with van der Waals surface area (Å²) in [6, 6.07) is 0.573. The van der Waals surface area contributed by atoms with Gasteiger partial charge in [0.2, 0.25) is 0 Å². The number of rotatable bonds is 4. The molecule has 0 spiro atoms. The van der Waals surface area contributed by atoms with Crippen molar-refractivity contribution >= 4 is 5.97 Å². The second-order valence-electron chi connectivity index (χ2n) is 4.00. The summed E-state index contributed by atoms with van der Waals surface area (Å²) in [6.45, 7) is 1.72. The Kier molecular flexibility index (Phi) is 2.27. The third-order valence-electron chi connectivity index (χ3n) is 2.54. The zero-order valence-electron chi connectivity index (χ0n) is 8.18. The topological polar surface area (TPSA) is 55.1 Å². The predicted octanol–water partition coefficient (Wildman–Crippen LogP) is 1.48. The molecular formula is C10H14N2O2. The van der Waals surface area contributed by atoms with Crippen molar-refractivity contribution < 1.29 is 9.90 Å². The summed E-state index contributed by atoms with van der Waals surface area (Å²) >= 11 is 0. The van der Waals surface area contributed by atoms with Crippen LogP contribution in [0, 0.1) is 5.92 Å². The molecule has 1 aromatic rings. The van der Waals surface area contributed by atoms with E-state index in [-0.39, 0.29) is 5.92 Å². The lowest BCUT2D eigenvalue weighted by atomic mass is 10.0. The largest absolute Gasteiger partial charge is 0.481 e. The van der Waals surface area contributed by atoms with Gasteiger partial charge in [0.1, 0.15) is 0 Å². The van der Waals surface area contributed by atoms with Crippen LogP contribution in [-0.2, 0) is 11.2 Å². The molecule has 4 heteroatoms. The van der Waals surface area contributed by atoms with Gasteiger partial charge in [-0.2, -0.15) is 5.10 Å². The Morgan fingerprint density at radius 3 is 3.07 bits per heavy atom. The molecule has 0 amide bonds. The van der Waals surface area contributed by atoms with Crippen LogP contribution in [0.25, 0.3) is 0 Å². The molecule has 0 aliphatic heterocycles. The number of carboxylic acid groups (broad SMARTS) is 1. The lowest BCUT2D eigenvalue weighted by molar-refractivity contribution is -0.141. The van der Waals surface area contributed by atoms with Gasteiger partial charge >= 0.3 is 5.97 Å². The number of hydrogen-bond acceptors (Lipinski definition) is 2. The number of carbonyl (C=O) groups is 1. The fourth-order valence-electron chi connectivity index (χ4n) is 1.46. The Morgan fingerprint density at radius 2 is 2.50 bits per heavy atom. The normalized spacial score (nSPS) is 18.1. The Morgan fingerprint density at radius 1 is 1.79 bits per heavy atom. The van der Waals surface area contributed by atoms with Crippen LogP contribution in [0.2, 0.25) is 0 Å². The molecule has 4 nitrogen and oxygen atoms in total. The third kappa shape index (κ3) is 1.95. The van der Waals surface area contributed by atoms with Gasteiger partial charge in [0.15, 0.2) is 0 Å². The zero-order valence-corrected chi connectivity index (χ0v) is 8.18. The summed E-state index contributed by atoms with van der Waals surface area (Å²) in [5, 5.41) is 13.0. The second-order valence-corrected chi connectivity index (χ2v) is 4.00. The molecule has 1 N–H and O–H groups in total. The lowest BCUT2D eigenvalue weighted by Crippen LogP contribution is -2.11. The van der Waals surface area contributed by atoms with Crippen molar-refractivity contribution in [2.45, 2.75) is 32.2 Å². The van der Waals surface area contributed by atoms with Gasteiger partial charge in [-0.3, -0.25) is 9.48 Å². The fraction of sp³-hybridized carbons (Fsp3) is 0.600. The monoisotopic (exact) mass is 194 g/mol. The van der Waals surface area contributed by atoms with Crippen LogP contribution < -0.4 is 0 Å². The highest BCUT2D eigenvalue weighted by molar-refractivity contribution is 5.69. The molecule has 0 aromatic carbocycles. The maximum atomic E-state index is 10.6. The third-order valence-corrected chi connectivity index (χ3v) is 2.54. The van der Waals surface area contributed by atoms with Crippen molar-refractivity contribution in [2.75, 3.05) is 0 Å². The van der Waals surface area contributed by atoms with Crippen molar-refractivity contribution in [3.63, 3.8) is 0 Å². The minimum atomic E-state index is -0.746. The maximum absolute atomic E-state index is 10.6. The molecule has 0 radical (unpaired) electrons. The molecule has 1 aliphatic carbocycles. The average Bonchev–Trinajstić information content (AvgIpc) is 2.88. The van der Waals surface area contributed by atoms with E-state index < -0.39 is 5.97 Å². The Labute approximate surface area is 82.5 Å². The van der Waals surface area contributed by atoms with E-state index in [2.05, 4.69) is 5.10 Å². The highest BCUT2D eigenvalue weighted by atomic mass is 16.4. The van der Waals surface area contributed by atoms with Gasteiger partial charge in [-0.1, -0.05) is 6.92 Å². The predicted molar refractivity (Wildman–Crippen MR) is 51.0 cm³/mol. The molecule has 1 fully saturated rings. The van der Waals surface area contributed by atoms with E-state index in [4.69, 9.17) is 5.11 Å². The Balaban J connectivity index is 1.98. The molecule has 1 unspecified atom stereocenters. The van der Waals surface area contributed by atoms with E-state index in [0.717, 1.165) is 5.56 Å². The van der Waals surface area contributed by atoms with Crippen molar-refractivity contribution in [3.05, 3.63) is 18.0 Å². The molecular weight excluding hydrogens is 180 g/mol. The number of aliphatic carboxylic acids is 1. The second kappa shape index (κ2) is 3.44.